The number of aryl methyl sites for hydroxylation is 2. The third kappa shape index (κ3) is 8.76. The molecule has 26 heavy (non-hydrogen) atoms. The largest absolute Gasteiger partial charge is 0.339 e. The Kier molecular flexibility index (Phi) is 10.0. The molecule has 0 fully saturated rings. The lowest BCUT2D eigenvalue weighted by atomic mass is 10.1. The number of benzene rings is 1. The zero-order valence-corrected chi connectivity index (χ0v) is 18.4. The van der Waals surface area contributed by atoms with Crippen molar-refractivity contribution >= 4 is 63.7 Å². The van der Waals surface area contributed by atoms with E-state index in [9.17, 15) is 4.79 Å². The summed E-state index contributed by atoms with van der Waals surface area (Å²) in [4.78, 5) is 12.1. The van der Waals surface area contributed by atoms with E-state index in [1.165, 1.54) is 0 Å². The van der Waals surface area contributed by atoms with Gasteiger partial charge in [-0.05, 0) is 44.1 Å². The highest BCUT2D eigenvalue weighted by Gasteiger charge is 2.34. The van der Waals surface area contributed by atoms with Gasteiger partial charge in [-0.1, -0.05) is 78.7 Å². The molecule has 3 N–H and O–H groups in total. The van der Waals surface area contributed by atoms with Crippen LogP contribution < -0.4 is 16.0 Å². The zero-order valence-electron chi connectivity index (χ0n) is 15.3. The van der Waals surface area contributed by atoms with E-state index in [4.69, 9.17) is 47.0 Å². The van der Waals surface area contributed by atoms with Crippen molar-refractivity contribution in [3.8, 4) is 0 Å². The summed E-state index contributed by atoms with van der Waals surface area (Å²) in [5.41, 5.74) is 3.04. The van der Waals surface area contributed by atoms with Crippen molar-refractivity contribution in [1.82, 2.24) is 10.6 Å². The Bertz CT molecular complexity index is 620. The number of hydrogen-bond acceptors (Lipinski definition) is 2. The van der Waals surface area contributed by atoms with Crippen LogP contribution in [0.4, 0.5) is 5.69 Å². The third-order valence-corrected chi connectivity index (χ3v) is 4.67. The van der Waals surface area contributed by atoms with Crippen LogP contribution in [0.5, 0.6) is 0 Å². The number of anilines is 1. The summed E-state index contributed by atoms with van der Waals surface area (Å²) in [7, 11) is 0. The van der Waals surface area contributed by atoms with Gasteiger partial charge in [0.25, 0.3) is 0 Å². The predicted molar refractivity (Wildman–Crippen MR) is 116 cm³/mol. The Morgan fingerprint density at radius 1 is 1.15 bits per heavy atom. The molecule has 1 atom stereocenters. The van der Waals surface area contributed by atoms with Crippen LogP contribution in [0.15, 0.2) is 18.2 Å². The number of halogens is 3. The van der Waals surface area contributed by atoms with Gasteiger partial charge in [0.1, 0.15) is 6.17 Å². The number of carbonyl (C=O) groups is 1. The average molecular weight is 439 g/mol. The topological polar surface area (TPSA) is 53.2 Å². The maximum atomic E-state index is 12.1. The summed E-state index contributed by atoms with van der Waals surface area (Å²) in [5, 5.41) is 8.90. The molecule has 146 valence electrons. The summed E-state index contributed by atoms with van der Waals surface area (Å²) in [6.45, 7) is 6.11. The van der Waals surface area contributed by atoms with Gasteiger partial charge < -0.3 is 16.0 Å². The Morgan fingerprint density at radius 3 is 2.42 bits per heavy atom. The lowest BCUT2D eigenvalue weighted by Crippen LogP contribution is -2.56. The second-order valence-electron chi connectivity index (χ2n) is 6.27. The smallest absolute Gasteiger partial charge is 0.228 e. The summed E-state index contributed by atoms with van der Waals surface area (Å²) in [6, 6.07) is 5.94. The molecule has 0 aliphatic carbocycles. The number of unbranched alkanes of at least 4 members (excludes halogenated alkanes) is 3. The van der Waals surface area contributed by atoms with Crippen LogP contribution in [0.3, 0.4) is 0 Å². The van der Waals surface area contributed by atoms with E-state index in [1.807, 2.05) is 32.0 Å². The van der Waals surface area contributed by atoms with Crippen LogP contribution in [0, 0.1) is 13.8 Å². The highest BCUT2D eigenvalue weighted by molar-refractivity contribution is 7.80. The average Bonchev–Trinajstić information content (AvgIpc) is 2.53. The van der Waals surface area contributed by atoms with Gasteiger partial charge in [-0.25, -0.2) is 0 Å². The zero-order chi connectivity index (χ0) is 19.7. The van der Waals surface area contributed by atoms with Gasteiger partial charge in [0.15, 0.2) is 5.11 Å². The van der Waals surface area contributed by atoms with Crippen LogP contribution >= 0.6 is 47.0 Å². The van der Waals surface area contributed by atoms with E-state index in [0.717, 1.165) is 42.5 Å². The molecule has 0 heterocycles. The maximum Gasteiger partial charge on any atom is 0.228 e. The van der Waals surface area contributed by atoms with Crippen LogP contribution in [0.1, 0.15) is 50.2 Å². The second kappa shape index (κ2) is 11.2. The molecule has 0 aliphatic rings. The van der Waals surface area contributed by atoms with Crippen LogP contribution in [-0.2, 0) is 4.79 Å². The maximum absolute atomic E-state index is 12.1. The first-order chi connectivity index (χ1) is 12.1. The normalized spacial score (nSPS) is 12.4. The van der Waals surface area contributed by atoms with Gasteiger partial charge in [-0.15, -0.1) is 0 Å². The minimum Gasteiger partial charge on any atom is -0.339 e. The molecule has 8 heteroatoms. The van der Waals surface area contributed by atoms with Gasteiger partial charge in [0, 0.05) is 12.1 Å². The number of carbonyl (C=O) groups excluding carboxylic acids is 1. The molecule has 1 aromatic rings. The first-order valence-corrected chi connectivity index (χ1v) is 10.2. The predicted octanol–water partition coefficient (Wildman–Crippen LogP) is 5.37. The van der Waals surface area contributed by atoms with Crippen LogP contribution in [0.2, 0.25) is 0 Å². The fourth-order valence-corrected chi connectivity index (χ4v) is 2.94. The lowest BCUT2D eigenvalue weighted by Gasteiger charge is -2.28. The molecule has 4 nitrogen and oxygen atoms in total. The lowest BCUT2D eigenvalue weighted by molar-refractivity contribution is -0.122. The summed E-state index contributed by atoms with van der Waals surface area (Å²) < 4.78 is -1.74. The van der Waals surface area contributed by atoms with E-state index in [2.05, 4.69) is 22.9 Å². The van der Waals surface area contributed by atoms with Crippen molar-refractivity contribution in [2.75, 3.05) is 5.32 Å². The number of alkyl halides is 3. The molecule has 1 aromatic carbocycles. The molecule has 1 amide bonds. The number of amides is 1. The second-order valence-corrected chi connectivity index (χ2v) is 9.05. The molecule has 0 saturated carbocycles. The Balaban J connectivity index is 2.63. The van der Waals surface area contributed by atoms with E-state index < -0.39 is 9.96 Å². The number of hydrogen-bond donors (Lipinski definition) is 3. The van der Waals surface area contributed by atoms with Crippen molar-refractivity contribution in [3.63, 3.8) is 0 Å². The monoisotopic (exact) mass is 437 g/mol. The Morgan fingerprint density at radius 2 is 1.85 bits per heavy atom. The number of thiocarbonyl (C=S) groups is 1. The summed E-state index contributed by atoms with van der Waals surface area (Å²) >= 11 is 23.3. The van der Waals surface area contributed by atoms with Crippen molar-refractivity contribution in [1.29, 1.82) is 0 Å². The number of nitrogens with one attached hydrogen (secondary N) is 3. The Labute approximate surface area is 176 Å². The molecule has 0 radical (unpaired) electrons. The van der Waals surface area contributed by atoms with Crippen molar-refractivity contribution in [3.05, 3.63) is 29.3 Å². The minimum atomic E-state index is -1.74. The Hall–Kier alpha value is -0.750. The van der Waals surface area contributed by atoms with E-state index in [-0.39, 0.29) is 11.0 Å². The van der Waals surface area contributed by atoms with Gasteiger partial charge in [0.2, 0.25) is 9.70 Å². The van der Waals surface area contributed by atoms with E-state index in [0.29, 0.717) is 6.42 Å². The summed E-state index contributed by atoms with van der Waals surface area (Å²) in [6.07, 6.45) is 3.47. The van der Waals surface area contributed by atoms with Gasteiger partial charge in [-0.2, -0.15) is 0 Å². The van der Waals surface area contributed by atoms with Gasteiger partial charge >= 0.3 is 0 Å². The highest BCUT2D eigenvalue weighted by Crippen LogP contribution is 2.29. The molecule has 0 saturated heterocycles. The van der Waals surface area contributed by atoms with Crippen molar-refractivity contribution in [2.45, 2.75) is 62.8 Å². The molecular weight excluding hydrogens is 413 g/mol. The standard InChI is InChI=1S/C18H26Cl3N3OS/c1-4-5-6-7-8-15(25)23-16(18(19,20)21)24-17(26)22-14-10-9-12(2)11-13(14)3/h9-11,16H,4-8H2,1-3H3,(H,23,25)(H2,22,24,26)/t16-/m1/s1. The highest BCUT2D eigenvalue weighted by atomic mass is 35.6. The fraction of sp³-hybridized carbons (Fsp3) is 0.556. The van der Waals surface area contributed by atoms with Crippen LogP contribution in [-0.4, -0.2) is 21.0 Å². The van der Waals surface area contributed by atoms with Crippen LogP contribution in [0.25, 0.3) is 0 Å². The molecule has 0 aromatic heterocycles. The third-order valence-electron chi connectivity index (χ3n) is 3.80. The first-order valence-electron chi connectivity index (χ1n) is 8.64. The molecule has 0 aliphatic heterocycles. The summed E-state index contributed by atoms with van der Waals surface area (Å²) in [5.74, 6) is -0.181. The fourth-order valence-electron chi connectivity index (χ4n) is 2.39. The SMILES string of the molecule is CCCCCCC(=O)N[C@H](NC(=S)Nc1ccc(C)cc1C)C(Cl)(Cl)Cl. The molecular formula is C18H26Cl3N3OS. The molecule has 1 rings (SSSR count). The van der Waals surface area contributed by atoms with E-state index in [1.54, 1.807) is 0 Å². The number of rotatable bonds is 8. The first kappa shape index (κ1) is 23.3. The quantitative estimate of drug-likeness (QED) is 0.221. The minimum absolute atomic E-state index is 0.181. The van der Waals surface area contributed by atoms with Crippen molar-refractivity contribution in [2.24, 2.45) is 0 Å². The molecule has 0 bridgehead atoms. The van der Waals surface area contributed by atoms with Gasteiger partial charge in [-0.3, -0.25) is 4.79 Å². The molecule has 0 spiro atoms. The van der Waals surface area contributed by atoms with Crippen molar-refractivity contribution < 1.29 is 4.79 Å². The van der Waals surface area contributed by atoms with E-state index >= 15 is 0 Å². The van der Waals surface area contributed by atoms with Gasteiger partial charge in [0.05, 0.1) is 0 Å². The molecule has 0 unspecified atom stereocenters.